The minimum atomic E-state index is -4.35. The molecule has 0 fully saturated rings. The Kier molecular flexibility index (Phi) is 39.2. The first-order valence-electron chi connectivity index (χ1n) is 23.9. The van der Waals surface area contributed by atoms with Crippen LogP contribution in [0.1, 0.15) is 213 Å². The zero-order valence-corrected chi connectivity index (χ0v) is 39.0. The number of unbranched alkanes of at least 4 members (excludes halogenated alkanes) is 26. The Morgan fingerprint density at radius 1 is 0.579 bits per heavy atom. The number of rotatable bonds is 43. The molecule has 0 aromatic heterocycles. The van der Waals surface area contributed by atoms with Crippen LogP contribution < -0.4 is 5.32 Å². The number of phosphoric ester groups is 1. The van der Waals surface area contributed by atoms with E-state index in [1.54, 1.807) is 6.08 Å². The molecule has 0 aliphatic rings. The summed E-state index contributed by atoms with van der Waals surface area (Å²) in [7, 11) is 1.55. The molecule has 1 unspecified atom stereocenters. The molecule has 0 spiro atoms. The second-order valence-corrected chi connectivity index (χ2v) is 18.9. The summed E-state index contributed by atoms with van der Waals surface area (Å²) in [6, 6.07) is -0.862. The van der Waals surface area contributed by atoms with Crippen LogP contribution >= 0.6 is 7.82 Å². The van der Waals surface area contributed by atoms with Crippen molar-refractivity contribution in [2.45, 2.75) is 225 Å². The van der Waals surface area contributed by atoms with Gasteiger partial charge in [0, 0.05) is 6.42 Å². The number of nitrogens with zero attached hydrogens (tertiary/aromatic N) is 1. The number of amides is 1. The molecule has 9 heteroatoms. The molecule has 0 heterocycles. The van der Waals surface area contributed by atoms with E-state index in [2.05, 4.69) is 43.5 Å². The van der Waals surface area contributed by atoms with Gasteiger partial charge in [-0.15, -0.1) is 0 Å². The second-order valence-electron chi connectivity index (χ2n) is 17.5. The third-order valence-electron chi connectivity index (χ3n) is 10.6. The maximum atomic E-state index is 12.9. The molecule has 0 radical (unpaired) electrons. The van der Waals surface area contributed by atoms with Crippen molar-refractivity contribution in [1.29, 1.82) is 0 Å². The first-order valence-corrected chi connectivity index (χ1v) is 25.4. The van der Waals surface area contributed by atoms with Crippen molar-refractivity contribution < 1.29 is 32.9 Å². The normalized spacial score (nSPS) is 14.6. The van der Waals surface area contributed by atoms with Crippen LogP contribution in [0.25, 0.3) is 0 Å². The molecule has 0 aliphatic heterocycles. The summed E-state index contributed by atoms with van der Waals surface area (Å²) in [4.78, 5) is 23.2. The first kappa shape index (κ1) is 55.7. The van der Waals surface area contributed by atoms with E-state index >= 15 is 0 Å². The van der Waals surface area contributed by atoms with Gasteiger partial charge in [0.2, 0.25) is 5.91 Å². The van der Waals surface area contributed by atoms with E-state index in [4.69, 9.17) is 9.05 Å². The van der Waals surface area contributed by atoms with Crippen molar-refractivity contribution in [3.05, 3.63) is 36.5 Å². The average molecular weight is 826 g/mol. The lowest BCUT2D eigenvalue weighted by Gasteiger charge is -2.25. The highest BCUT2D eigenvalue weighted by Gasteiger charge is 2.27. The predicted molar refractivity (Wildman–Crippen MR) is 244 cm³/mol. The van der Waals surface area contributed by atoms with E-state index in [1.807, 2.05) is 27.2 Å². The van der Waals surface area contributed by atoms with Gasteiger partial charge in [0.25, 0.3) is 0 Å². The minimum absolute atomic E-state index is 0.0560. The van der Waals surface area contributed by atoms with Gasteiger partial charge in [0.15, 0.2) is 0 Å². The number of hydrogen-bond donors (Lipinski definition) is 3. The highest BCUT2D eigenvalue weighted by molar-refractivity contribution is 7.47. The topological polar surface area (TPSA) is 105 Å². The molecule has 0 rings (SSSR count). The molecule has 3 atom stereocenters. The van der Waals surface area contributed by atoms with Crippen LogP contribution in [0.3, 0.4) is 0 Å². The van der Waals surface area contributed by atoms with Crippen LogP contribution in [0.2, 0.25) is 0 Å². The molecule has 0 aromatic rings. The van der Waals surface area contributed by atoms with Gasteiger partial charge < -0.3 is 19.8 Å². The summed E-state index contributed by atoms with van der Waals surface area (Å²) in [5, 5.41) is 13.8. The molecular formula is C48H94N2O6P+. The largest absolute Gasteiger partial charge is 0.472 e. The highest BCUT2D eigenvalue weighted by Crippen LogP contribution is 2.43. The maximum absolute atomic E-state index is 12.9. The summed E-state index contributed by atoms with van der Waals surface area (Å²) in [5.74, 6) is -0.189. The van der Waals surface area contributed by atoms with Gasteiger partial charge in [-0.05, 0) is 57.8 Å². The molecular weight excluding hydrogens is 732 g/mol. The zero-order chi connectivity index (χ0) is 42.1. The predicted octanol–water partition coefficient (Wildman–Crippen LogP) is 13.5. The Bertz CT molecular complexity index is 1030. The number of aliphatic hydroxyl groups is 1. The number of aliphatic hydroxyl groups excluding tert-OH is 1. The van der Waals surface area contributed by atoms with Gasteiger partial charge in [0.05, 0.1) is 39.9 Å². The Labute approximate surface area is 353 Å². The van der Waals surface area contributed by atoms with Gasteiger partial charge in [-0.3, -0.25) is 13.8 Å². The lowest BCUT2D eigenvalue weighted by atomic mass is 10.0. The number of phosphoric acid groups is 1. The van der Waals surface area contributed by atoms with Crippen molar-refractivity contribution in [2.75, 3.05) is 40.9 Å². The standard InChI is InChI=1S/C48H93N2O6P/c1-6-8-10-12-14-16-18-20-22-24-25-26-28-30-32-34-36-38-40-42-48(52)49-46(45-56-57(53,54)55-44-43-50(3,4)5)47(51)41-39-37-35-33-31-29-27-23-21-19-17-15-13-11-9-7-2/h20,22,31,33,39,41,46-47,51H,6-19,21,23-30,32,34-38,40,42-45H2,1-5H3,(H-,49,52,53,54)/p+1/b22-20+,33-31+,41-39+/t46-,47+/m0/s1. The van der Waals surface area contributed by atoms with E-state index in [1.165, 1.54) is 154 Å². The highest BCUT2D eigenvalue weighted by atomic mass is 31.2. The maximum Gasteiger partial charge on any atom is 0.472 e. The van der Waals surface area contributed by atoms with Crippen LogP contribution in [0.4, 0.5) is 0 Å². The van der Waals surface area contributed by atoms with Gasteiger partial charge in [0.1, 0.15) is 13.2 Å². The summed E-state index contributed by atoms with van der Waals surface area (Å²) in [6.07, 6.45) is 49.3. The quantitative estimate of drug-likeness (QED) is 0.0245. The molecule has 1 amide bonds. The SMILES string of the molecule is CCCCCCCC/C=C/CCCCCCCCCCCC(=O)N[C@@H](COP(=O)(O)OCC[N+](C)(C)C)[C@H](O)/C=C/CC/C=C/CCCCCCCCCCCC. The summed E-state index contributed by atoms with van der Waals surface area (Å²) in [5.41, 5.74) is 0. The number of allylic oxidation sites excluding steroid dienone is 5. The second kappa shape index (κ2) is 40.1. The minimum Gasteiger partial charge on any atom is -0.387 e. The molecule has 0 aliphatic carbocycles. The molecule has 57 heavy (non-hydrogen) atoms. The number of carbonyl (C=O) groups is 1. The van der Waals surface area contributed by atoms with E-state index < -0.39 is 20.0 Å². The molecule has 8 nitrogen and oxygen atoms in total. The monoisotopic (exact) mass is 826 g/mol. The van der Waals surface area contributed by atoms with Crippen LogP contribution in [-0.4, -0.2) is 73.4 Å². The van der Waals surface area contributed by atoms with Gasteiger partial charge in [-0.2, -0.15) is 0 Å². The van der Waals surface area contributed by atoms with Gasteiger partial charge >= 0.3 is 7.82 Å². The van der Waals surface area contributed by atoms with Crippen LogP contribution in [0.15, 0.2) is 36.5 Å². The molecule has 0 bridgehead atoms. The van der Waals surface area contributed by atoms with E-state index in [0.29, 0.717) is 17.4 Å². The van der Waals surface area contributed by atoms with Gasteiger partial charge in [-0.25, -0.2) is 4.57 Å². The molecule has 0 aromatic carbocycles. The van der Waals surface area contributed by atoms with Crippen LogP contribution in [-0.2, 0) is 18.4 Å². The number of hydrogen-bond acceptors (Lipinski definition) is 5. The lowest BCUT2D eigenvalue weighted by molar-refractivity contribution is -0.870. The van der Waals surface area contributed by atoms with E-state index in [9.17, 15) is 19.4 Å². The Morgan fingerprint density at radius 2 is 0.965 bits per heavy atom. The van der Waals surface area contributed by atoms with Crippen LogP contribution in [0, 0.1) is 0 Å². The Hall–Kier alpha value is -1.28. The third kappa shape index (κ3) is 42.6. The lowest BCUT2D eigenvalue weighted by Crippen LogP contribution is -2.45. The summed E-state index contributed by atoms with van der Waals surface area (Å²) < 4.78 is 23.6. The van der Waals surface area contributed by atoms with Crippen molar-refractivity contribution >= 4 is 13.7 Å². The van der Waals surface area contributed by atoms with E-state index in [0.717, 1.165) is 38.5 Å². The third-order valence-corrected chi connectivity index (χ3v) is 11.6. The number of nitrogens with one attached hydrogen (secondary N) is 1. The molecule has 336 valence electrons. The summed E-state index contributed by atoms with van der Waals surface area (Å²) in [6.45, 7) is 4.79. The van der Waals surface area contributed by atoms with Crippen LogP contribution in [0.5, 0.6) is 0 Å². The molecule has 0 saturated heterocycles. The summed E-state index contributed by atoms with van der Waals surface area (Å²) >= 11 is 0. The number of carbonyl (C=O) groups excluding carboxylic acids is 1. The smallest absolute Gasteiger partial charge is 0.387 e. The fourth-order valence-electron chi connectivity index (χ4n) is 6.76. The zero-order valence-electron chi connectivity index (χ0n) is 38.1. The first-order chi connectivity index (χ1) is 27.5. The van der Waals surface area contributed by atoms with Crippen molar-refractivity contribution in [3.63, 3.8) is 0 Å². The average Bonchev–Trinajstić information content (AvgIpc) is 3.16. The van der Waals surface area contributed by atoms with E-state index in [-0.39, 0.29) is 19.1 Å². The van der Waals surface area contributed by atoms with Gasteiger partial charge in [-0.1, -0.05) is 185 Å². The number of likely N-dealkylation sites (N-methyl/N-ethyl adjacent to an activating group) is 1. The fourth-order valence-corrected chi connectivity index (χ4v) is 7.49. The fraction of sp³-hybridized carbons (Fsp3) is 0.854. The van der Waals surface area contributed by atoms with Crippen molar-refractivity contribution in [1.82, 2.24) is 5.32 Å². The van der Waals surface area contributed by atoms with Crippen molar-refractivity contribution in [3.8, 4) is 0 Å². The Balaban J connectivity index is 4.40. The number of quaternary nitrogens is 1. The molecule has 0 saturated carbocycles. The Morgan fingerprint density at radius 3 is 1.40 bits per heavy atom. The molecule has 3 N–H and O–H groups in total. The van der Waals surface area contributed by atoms with Crippen molar-refractivity contribution in [2.24, 2.45) is 0 Å².